The fourth-order valence-corrected chi connectivity index (χ4v) is 4.36. The minimum absolute atomic E-state index is 0.697. The number of fused-ring (bicyclic) bond motifs is 1. The highest BCUT2D eigenvalue weighted by atomic mass is 35.5. The molecule has 28 heavy (non-hydrogen) atoms. The second-order valence-corrected chi connectivity index (χ2v) is 8.07. The van der Waals surface area contributed by atoms with E-state index in [1.807, 2.05) is 30.5 Å². The van der Waals surface area contributed by atoms with Crippen LogP contribution in [0.15, 0.2) is 60.8 Å². The summed E-state index contributed by atoms with van der Waals surface area (Å²) in [4.78, 5) is 12.5. The summed E-state index contributed by atoms with van der Waals surface area (Å²) in [7, 11) is 0. The molecule has 0 radical (unpaired) electrons. The van der Waals surface area contributed by atoms with Crippen molar-refractivity contribution in [2.75, 3.05) is 0 Å². The smallest absolute Gasteiger partial charge is 0.157 e. The molecular weight excluding hydrogens is 366 g/mol. The summed E-state index contributed by atoms with van der Waals surface area (Å²) in [5.41, 5.74) is 6.45. The molecule has 0 saturated heterocycles. The van der Waals surface area contributed by atoms with Crippen LogP contribution in [0.2, 0.25) is 5.02 Å². The zero-order valence-corrected chi connectivity index (χ0v) is 16.4. The molecule has 2 aromatic heterocycles. The number of pyridine rings is 1. The number of aromatic amines is 1. The van der Waals surface area contributed by atoms with E-state index in [0.717, 1.165) is 34.0 Å². The Morgan fingerprint density at radius 3 is 2.39 bits per heavy atom. The van der Waals surface area contributed by atoms with E-state index in [2.05, 4.69) is 45.3 Å². The number of hydrogen-bond acceptors (Lipinski definition) is 2. The van der Waals surface area contributed by atoms with Crippen molar-refractivity contribution in [2.45, 2.75) is 38.0 Å². The van der Waals surface area contributed by atoms with Crippen molar-refractivity contribution in [3.05, 3.63) is 71.4 Å². The summed E-state index contributed by atoms with van der Waals surface area (Å²) >= 11 is 6.06. The molecule has 2 heterocycles. The molecule has 0 unspecified atom stereocenters. The highest BCUT2D eigenvalue weighted by Gasteiger charge is 2.15. The third-order valence-corrected chi connectivity index (χ3v) is 6.01. The second kappa shape index (κ2) is 7.40. The van der Waals surface area contributed by atoms with Gasteiger partial charge >= 0.3 is 0 Å². The summed E-state index contributed by atoms with van der Waals surface area (Å²) < 4.78 is 0. The Morgan fingerprint density at radius 2 is 1.64 bits per heavy atom. The normalized spacial score (nSPS) is 15.2. The minimum Gasteiger partial charge on any atom is -0.337 e. The van der Waals surface area contributed by atoms with Crippen molar-refractivity contribution in [1.29, 1.82) is 0 Å². The van der Waals surface area contributed by atoms with Crippen molar-refractivity contribution < 1.29 is 0 Å². The molecule has 2 aromatic carbocycles. The van der Waals surface area contributed by atoms with Crippen molar-refractivity contribution in [3.8, 4) is 22.6 Å². The van der Waals surface area contributed by atoms with Crippen LogP contribution in [0.4, 0.5) is 0 Å². The molecule has 1 N–H and O–H groups in total. The lowest BCUT2D eigenvalue weighted by Gasteiger charge is -2.22. The van der Waals surface area contributed by atoms with Crippen LogP contribution in [0.1, 0.15) is 43.6 Å². The molecule has 0 bridgehead atoms. The molecule has 0 aliphatic heterocycles. The van der Waals surface area contributed by atoms with E-state index in [1.165, 1.54) is 43.2 Å². The van der Waals surface area contributed by atoms with Crippen LogP contribution in [-0.2, 0) is 0 Å². The number of rotatable bonds is 3. The molecule has 1 aliphatic rings. The van der Waals surface area contributed by atoms with Crippen LogP contribution in [0.5, 0.6) is 0 Å². The third kappa shape index (κ3) is 3.43. The molecule has 4 heteroatoms. The first kappa shape index (κ1) is 17.4. The molecule has 140 valence electrons. The van der Waals surface area contributed by atoms with Gasteiger partial charge < -0.3 is 4.98 Å². The van der Waals surface area contributed by atoms with Crippen molar-refractivity contribution >= 4 is 22.6 Å². The van der Waals surface area contributed by atoms with Gasteiger partial charge in [0, 0.05) is 16.8 Å². The molecule has 5 rings (SSSR count). The number of imidazole rings is 1. The van der Waals surface area contributed by atoms with Gasteiger partial charge in [-0.15, -0.1) is 0 Å². The number of hydrogen-bond donors (Lipinski definition) is 1. The number of nitrogens with one attached hydrogen (secondary N) is 1. The SMILES string of the molecule is Clc1ccc2nc(-c3ccc(-c4ccc(C5CCCCC5)cc4)cn3)[nH]c2c1. The first-order valence-corrected chi connectivity index (χ1v) is 10.4. The van der Waals surface area contributed by atoms with Crippen LogP contribution in [0, 0.1) is 0 Å². The van der Waals surface area contributed by atoms with E-state index in [-0.39, 0.29) is 0 Å². The maximum Gasteiger partial charge on any atom is 0.157 e. The predicted molar refractivity (Wildman–Crippen MR) is 116 cm³/mol. The molecular formula is C24H22ClN3. The number of aromatic nitrogens is 3. The summed E-state index contributed by atoms with van der Waals surface area (Å²) in [5.74, 6) is 1.50. The van der Waals surface area contributed by atoms with Crippen molar-refractivity contribution in [3.63, 3.8) is 0 Å². The van der Waals surface area contributed by atoms with Gasteiger partial charge in [-0.05, 0) is 54.2 Å². The lowest BCUT2D eigenvalue weighted by Crippen LogP contribution is -2.04. The number of nitrogens with zero attached hydrogens (tertiary/aromatic N) is 2. The molecule has 1 fully saturated rings. The maximum absolute atomic E-state index is 6.06. The Balaban J connectivity index is 1.38. The Morgan fingerprint density at radius 1 is 0.857 bits per heavy atom. The van der Waals surface area contributed by atoms with Crippen LogP contribution in [-0.4, -0.2) is 15.0 Å². The zero-order chi connectivity index (χ0) is 18.9. The second-order valence-electron chi connectivity index (χ2n) is 7.64. The fraction of sp³-hybridized carbons (Fsp3) is 0.250. The van der Waals surface area contributed by atoms with E-state index in [9.17, 15) is 0 Å². The molecule has 1 saturated carbocycles. The molecule has 3 nitrogen and oxygen atoms in total. The van der Waals surface area contributed by atoms with Gasteiger partial charge in [-0.3, -0.25) is 4.98 Å². The largest absolute Gasteiger partial charge is 0.337 e. The van der Waals surface area contributed by atoms with Gasteiger partial charge in [-0.1, -0.05) is 61.2 Å². The highest BCUT2D eigenvalue weighted by Crippen LogP contribution is 2.33. The van der Waals surface area contributed by atoms with Gasteiger partial charge in [0.05, 0.1) is 11.0 Å². The van der Waals surface area contributed by atoms with Crippen molar-refractivity contribution in [1.82, 2.24) is 15.0 Å². The first-order valence-electron chi connectivity index (χ1n) is 9.98. The maximum atomic E-state index is 6.06. The Labute approximate surface area is 169 Å². The monoisotopic (exact) mass is 387 g/mol. The fourth-order valence-electron chi connectivity index (χ4n) is 4.19. The molecule has 1 aliphatic carbocycles. The lowest BCUT2D eigenvalue weighted by atomic mass is 9.84. The summed E-state index contributed by atoms with van der Waals surface area (Å²) in [6.07, 6.45) is 8.71. The van der Waals surface area contributed by atoms with E-state index < -0.39 is 0 Å². The summed E-state index contributed by atoms with van der Waals surface area (Å²) in [6, 6.07) is 18.8. The predicted octanol–water partition coefficient (Wildman–Crippen LogP) is 6.99. The van der Waals surface area contributed by atoms with Gasteiger partial charge in [0.1, 0.15) is 5.69 Å². The van der Waals surface area contributed by atoms with E-state index in [0.29, 0.717) is 5.02 Å². The first-order chi connectivity index (χ1) is 13.8. The molecule has 0 atom stereocenters. The molecule has 0 amide bonds. The number of halogens is 1. The summed E-state index contributed by atoms with van der Waals surface area (Å²) in [6.45, 7) is 0. The van der Waals surface area contributed by atoms with Gasteiger partial charge in [0.25, 0.3) is 0 Å². The van der Waals surface area contributed by atoms with Gasteiger partial charge in [0.15, 0.2) is 5.82 Å². The van der Waals surface area contributed by atoms with Crippen molar-refractivity contribution in [2.24, 2.45) is 0 Å². The topological polar surface area (TPSA) is 41.6 Å². The highest BCUT2D eigenvalue weighted by molar-refractivity contribution is 6.31. The van der Waals surface area contributed by atoms with Crippen LogP contribution < -0.4 is 0 Å². The van der Waals surface area contributed by atoms with Crippen LogP contribution >= 0.6 is 11.6 Å². The Kier molecular flexibility index (Phi) is 4.61. The number of benzene rings is 2. The lowest BCUT2D eigenvalue weighted by molar-refractivity contribution is 0.443. The van der Waals surface area contributed by atoms with E-state index in [4.69, 9.17) is 11.6 Å². The van der Waals surface area contributed by atoms with Crippen LogP contribution in [0.3, 0.4) is 0 Å². The average Bonchev–Trinajstić information content (AvgIpc) is 3.18. The average molecular weight is 388 g/mol. The summed E-state index contributed by atoms with van der Waals surface area (Å²) in [5, 5.41) is 0.697. The van der Waals surface area contributed by atoms with Gasteiger partial charge in [-0.25, -0.2) is 4.98 Å². The van der Waals surface area contributed by atoms with Crippen LogP contribution in [0.25, 0.3) is 33.7 Å². The van der Waals surface area contributed by atoms with E-state index in [1.54, 1.807) is 0 Å². The zero-order valence-electron chi connectivity index (χ0n) is 15.7. The quantitative estimate of drug-likeness (QED) is 0.411. The number of H-pyrrole nitrogens is 1. The Hall–Kier alpha value is -2.65. The minimum atomic E-state index is 0.697. The Bertz CT molecular complexity index is 1090. The third-order valence-electron chi connectivity index (χ3n) is 5.77. The van der Waals surface area contributed by atoms with Gasteiger partial charge in [0.2, 0.25) is 0 Å². The molecule has 0 spiro atoms. The standard InChI is InChI=1S/C24H22ClN3/c25-20-11-13-21-23(14-20)28-24(27-21)22-12-10-19(15-26-22)18-8-6-17(7-9-18)16-4-2-1-3-5-16/h6-16H,1-5H2,(H,27,28). The van der Waals surface area contributed by atoms with Gasteiger partial charge in [-0.2, -0.15) is 0 Å². The molecule has 4 aromatic rings. The van der Waals surface area contributed by atoms with E-state index >= 15 is 0 Å².